The Morgan fingerprint density at radius 2 is 1.95 bits per heavy atom. The van der Waals surface area contributed by atoms with Gasteiger partial charge in [-0.2, -0.15) is 0 Å². The highest BCUT2D eigenvalue weighted by Gasteiger charge is 2.63. The summed E-state index contributed by atoms with van der Waals surface area (Å²) in [6.07, 6.45) is 3.05. The van der Waals surface area contributed by atoms with Crippen LogP contribution in [0.3, 0.4) is 0 Å². The van der Waals surface area contributed by atoms with Gasteiger partial charge in [-0.3, -0.25) is 14.4 Å². The summed E-state index contributed by atoms with van der Waals surface area (Å²) in [5.74, 6) is -1.80. The molecule has 6 rings (SSSR count). The molecular formula is C26H26N6O4S. The summed E-state index contributed by atoms with van der Waals surface area (Å²) in [5.41, 5.74) is 2.94. The second-order valence-corrected chi connectivity index (χ2v) is 11.9. The van der Waals surface area contributed by atoms with Crippen LogP contribution in [-0.2, 0) is 27.2 Å². The summed E-state index contributed by atoms with van der Waals surface area (Å²) < 4.78 is 5.31. The number of rotatable bonds is 6. The number of carbonyl (C=O) groups excluding carboxylic acids is 3. The maximum atomic E-state index is 13.5. The molecule has 3 aliphatic rings. The molecule has 190 valence electrons. The van der Waals surface area contributed by atoms with E-state index < -0.39 is 23.8 Å². The number of nitrogens with zero attached hydrogens (tertiary/aromatic N) is 4. The molecule has 0 saturated carbocycles. The van der Waals surface area contributed by atoms with Gasteiger partial charge in [-0.1, -0.05) is 36.4 Å². The Kier molecular flexibility index (Phi) is 5.74. The fourth-order valence-electron chi connectivity index (χ4n) is 5.54. The lowest BCUT2D eigenvalue weighted by molar-refractivity contribution is -0.153. The van der Waals surface area contributed by atoms with Crippen LogP contribution in [0.1, 0.15) is 54.7 Å². The smallest absolute Gasteiger partial charge is 0.328 e. The number of nitrogens with one attached hydrogen (secondary N) is 2. The Bertz CT molecular complexity index is 1360. The van der Waals surface area contributed by atoms with Crippen LogP contribution in [0, 0.1) is 0 Å². The second-order valence-electron chi connectivity index (χ2n) is 10.1. The number of aromatic amines is 1. The van der Waals surface area contributed by atoms with Crippen molar-refractivity contribution in [2.24, 2.45) is 0 Å². The first kappa shape index (κ1) is 23.7. The minimum atomic E-state index is -1.22. The van der Waals surface area contributed by atoms with Crippen molar-refractivity contribution in [3.05, 3.63) is 71.0 Å². The summed E-state index contributed by atoms with van der Waals surface area (Å²) in [6.45, 7) is 4.02. The number of hydrogen-bond donors (Lipinski definition) is 2. The van der Waals surface area contributed by atoms with Gasteiger partial charge in [-0.05, 0) is 72.4 Å². The van der Waals surface area contributed by atoms with Crippen molar-refractivity contribution in [3.63, 3.8) is 0 Å². The predicted molar refractivity (Wildman–Crippen MR) is 134 cm³/mol. The van der Waals surface area contributed by atoms with E-state index in [1.165, 1.54) is 11.1 Å². The summed E-state index contributed by atoms with van der Waals surface area (Å²) >= 11 is 1.57. The van der Waals surface area contributed by atoms with Gasteiger partial charge in [-0.15, -0.1) is 16.9 Å². The van der Waals surface area contributed by atoms with Crippen molar-refractivity contribution in [1.29, 1.82) is 0 Å². The molecule has 2 amide bonds. The number of amides is 2. The quantitative estimate of drug-likeness (QED) is 0.220. The van der Waals surface area contributed by atoms with Crippen LogP contribution in [0.2, 0.25) is 0 Å². The van der Waals surface area contributed by atoms with Crippen molar-refractivity contribution in [2.45, 2.75) is 61.2 Å². The molecule has 2 aromatic carbocycles. The summed E-state index contributed by atoms with van der Waals surface area (Å²) in [5, 5.41) is 16.6. The van der Waals surface area contributed by atoms with Gasteiger partial charge in [0.25, 0.3) is 0 Å². The molecule has 1 aliphatic carbocycles. The lowest BCUT2D eigenvalue weighted by atomic mass is 9.94. The third kappa shape index (κ3) is 4.07. The van der Waals surface area contributed by atoms with E-state index in [0.29, 0.717) is 17.1 Å². The SMILES string of the molecule is CC1(C)SC2C(NC(=O)C(C(=O)Oc3ccc4c(c3)CCC4)c3ccccc3)C(=O)N2C1c1nnn[nH]1. The molecule has 3 aromatic rings. The standard InChI is InChI=1S/C26H26N6O4S/c1-26(2)20(21-28-30-31-29-21)32-23(34)19(24(32)37-26)27-22(33)18(15-7-4-3-5-8-15)25(35)36-17-12-11-14-9-6-10-16(14)13-17/h3-5,7-8,11-13,18-20,24H,6,9-10H2,1-2H3,(H,27,33)(H,28,29,30,31). The van der Waals surface area contributed by atoms with Crippen LogP contribution in [0.5, 0.6) is 5.75 Å². The van der Waals surface area contributed by atoms with E-state index in [1.807, 2.05) is 32.0 Å². The van der Waals surface area contributed by atoms with E-state index in [4.69, 9.17) is 4.74 Å². The molecule has 10 nitrogen and oxygen atoms in total. The number of fused-ring (bicyclic) bond motifs is 2. The lowest BCUT2D eigenvalue weighted by Gasteiger charge is -2.44. The van der Waals surface area contributed by atoms with Crippen LogP contribution in [0.25, 0.3) is 0 Å². The number of ether oxygens (including phenoxy) is 1. The van der Waals surface area contributed by atoms with E-state index in [2.05, 4.69) is 25.9 Å². The second kappa shape index (κ2) is 8.98. The maximum Gasteiger partial charge on any atom is 0.328 e. The van der Waals surface area contributed by atoms with E-state index in [9.17, 15) is 14.4 Å². The van der Waals surface area contributed by atoms with Crippen LogP contribution in [-0.4, -0.2) is 59.5 Å². The van der Waals surface area contributed by atoms with Crippen molar-refractivity contribution < 1.29 is 19.1 Å². The molecule has 0 bridgehead atoms. The normalized spacial score (nSPS) is 24.1. The number of carbonyl (C=O) groups is 3. The number of esters is 1. The number of thioether (sulfide) groups is 1. The zero-order chi connectivity index (χ0) is 25.7. The Morgan fingerprint density at radius 1 is 1.16 bits per heavy atom. The highest BCUT2D eigenvalue weighted by atomic mass is 32.2. The van der Waals surface area contributed by atoms with Gasteiger partial charge in [0.1, 0.15) is 23.2 Å². The van der Waals surface area contributed by atoms with Crippen molar-refractivity contribution in [2.75, 3.05) is 0 Å². The van der Waals surface area contributed by atoms with E-state index in [1.54, 1.807) is 47.0 Å². The van der Waals surface area contributed by atoms with Crippen LogP contribution in [0.15, 0.2) is 48.5 Å². The molecule has 2 fully saturated rings. The van der Waals surface area contributed by atoms with E-state index in [-0.39, 0.29) is 22.1 Å². The number of H-pyrrole nitrogens is 1. The number of hydrogen-bond acceptors (Lipinski definition) is 8. The van der Waals surface area contributed by atoms with Gasteiger partial charge in [-0.25, -0.2) is 5.10 Å². The van der Waals surface area contributed by atoms with Crippen LogP contribution >= 0.6 is 11.8 Å². The van der Waals surface area contributed by atoms with Gasteiger partial charge >= 0.3 is 5.97 Å². The Balaban J connectivity index is 1.22. The highest BCUT2D eigenvalue weighted by Crippen LogP contribution is 2.56. The zero-order valence-electron chi connectivity index (χ0n) is 20.4. The Hall–Kier alpha value is -3.73. The Morgan fingerprint density at radius 3 is 2.70 bits per heavy atom. The molecule has 1 aromatic heterocycles. The molecule has 0 radical (unpaired) electrons. The summed E-state index contributed by atoms with van der Waals surface area (Å²) in [6, 6.07) is 13.3. The van der Waals surface area contributed by atoms with Crippen LogP contribution in [0.4, 0.5) is 0 Å². The Labute approximate surface area is 217 Å². The first-order valence-corrected chi connectivity index (χ1v) is 13.1. The fraction of sp³-hybridized carbons (Fsp3) is 0.385. The van der Waals surface area contributed by atoms with Gasteiger partial charge < -0.3 is 15.0 Å². The molecule has 4 unspecified atom stereocenters. The lowest BCUT2D eigenvalue weighted by Crippen LogP contribution is -2.68. The molecule has 2 aliphatic heterocycles. The van der Waals surface area contributed by atoms with Crippen molar-refractivity contribution >= 4 is 29.5 Å². The maximum absolute atomic E-state index is 13.5. The molecule has 3 heterocycles. The number of aryl methyl sites for hydroxylation is 2. The minimum Gasteiger partial charge on any atom is -0.426 e. The molecule has 0 spiro atoms. The molecule has 2 saturated heterocycles. The first-order chi connectivity index (χ1) is 17.8. The van der Waals surface area contributed by atoms with E-state index >= 15 is 0 Å². The average molecular weight is 519 g/mol. The van der Waals surface area contributed by atoms with Gasteiger partial charge in [0.2, 0.25) is 11.8 Å². The largest absolute Gasteiger partial charge is 0.426 e. The number of β-lactam (4-membered cyclic amide) rings is 1. The fourth-order valence-corrected chi connectivity index (χ4v) is 7.17. The summed E-state index contributed by atoms with van der Waals surface area (Å²) in [7, 11) is 0. The number of tetrazole rings is 1. The summed E-state index contributed by atoms with van der Waals surface area (Å²) in [4.78, 5) is 41.8. The average Bonchev–Trinajstić information content (AvgIpc) is 3.61. The van der Waals surface area contributed by atoms with Gasteiger partial charge in [0, 0.05) is 4.75 Å². The molecule has 11 heteroatoms. The molecule has 37 heavy (non-hydrogen) atoms. The monoisotopic (exact) mass is 518 g/mol. The van der Waals surface area contributed by atoms with Crippen LogP contribution < -0.4 is 10.1 Å². The zero-order valence-corrected chi connectivity index (χ0v) is 21.2. The molecule has 4 atom stereocenters. The third-order valence-electron chi connectivity index (χ3n) is 7.28. The number of aromatic nitrogens is 4. The van der Waals surface area contributed by atoms with Gasteiger partial charge in [0.05, 0.1) is 0 Å². The minimum absolute atomic E-state index is 0.239. The highest BCUT2D eigenvalue weighted by molar-refractivity contribution is 8.01. The molecular weight excluding hydrogens is 492 g/mol. The number of benzene rings is 2. The third-order valence-corrected chi connectivity index (χ3v) is 8.85. The van der Waals surface area contributed by atoms with Gasteiger partial charge in [0.15, 0.2) is 11.7 Å². The van der Waals surface area contributed by atoms with Crippen molar-refractivity contribution in [1.82, 2.24) is 30.8 Å². The predicted octanol–water partition coefficient (Wildman–Crippen LogP) is 2.30. The van der Waals surface area contributed by atoms with E-state index in [0.717, 1.165) is 19.3 Å². The van der Waals surface area contributed by atoms with Crippen molar-refractivity contribution in [3.8, 4) is 5.75 Å². The first-order valence-electron chi connectivity index (χ1n) is 12.3. The topological polar surface area (TPSA) is 130 Å². The molecule has 2 N–H and O–H groups in total.